The Labute approximate surface area is 121 Å². The van der Waals surface area contributed by atoms with Crippen molar-refractivity contribution < 1.29 is 9.16 Å². The summed E-state index contributed by atoms with van der Waals surface area (Å²) in [5.41, 5.74) is 2.05. The van der Waals surface area contributed by atoms with Gasteiger partial charge in [-0.2, -0.15) is 0 Å². The summed E-state index contributed by atoms with van der Waals surface area (Å²) < 4.78 is 6.77. The van der Waals surface area contributed by atoms with E-state index in [0.29, 0.717) is 33.7 Å². The van der Waals surface area contributed by atoms with Crippen LogP contribution < -0.4 is 9.16 Å². The summed E-state index contributed by atoms with van der Waals surface area (Å²) in [5, 5.41) is 12.4. The molecule has 0 saturated heterocycles. The Kier molecular flexibility index (Phi) is 3.10. The highest BCUT2D eigenvalue weighted by molar-refractivity contribution is 5.75. The van der Waals surface area contributed by atoms with Crippen LogP contribution in [0.2, 0.25) is 0 Å². The second-order valence-electron chi connectivity index (χ2n) is 4.74. The summed E-state index contributed by atoms with van der Waals surface area (Å²) in [4.78, 5) is 12.6. The molecule has 0 amide bonds. The number of ether oxygens (including phenoxy) is 1. The topological polar surface area (TPSA) is 60.2 Å². The molecule has 1 aromatic heterocycles. The molecule has 0 fully saturated rings. The van der Waals surface area contributed by atoms with Gasteiger partial charge in [-0.1, -0.05) is 18.2 Å². The fourth-order valence-corrected chi connectivity index (χ4v) is 2.45. The third kappa shape index (κ3) is 2.03. The molecule has 0 aliphatic carbocycles. The van der Waals surface area contributed by atoms with Gasteiger partial charge in [-0.15, -0.1) is 0 Å². The van der Waals surface area contributed by atoms with E-state index >= 15 is 0 Å². The van der Waals surface area contributed by atoms with Crippen LogP contribution in [-0.2, 0) is 0 Å². The molecule has 5 nitrogen and oxygen atoms in total. The van der Waals surface area contributed by atoms with Crippen molar-refractivity contribution >= 4 is 11.0 Å². The van der Waals surface area contributed by atoms with Gasteiger partial charge >= 0.3 is 0 Å². The number of hydrogen-bond donors (Lipinski definition) is 0. The molecule has 0 spiro atoms. The summed E-state index contributed by atoms with van der Waals surface area (Å²) in [7, 11) is 1.56. The van der Waals surface area contributed by atoms with Crippen LogP contribution in [0, 0.1) is 17.0 Å². The minimum absolute atomic E-state index is 0.336. The lowest BCUT2D eigenvalue weighted by molar-refractivity contribution is -0.452. The maximum atomic E-state index is 12.6. The number of rotatable bonds is 2. The number of para-hydroxylation sites is 2. The van der Waals surface area contributed by atoms with Crippen LogP contribution in [0.25, 0.3) is 22.3 Å². The van der Waals surface area contributed by atoms with Crippen LogP contribution in [0.3, 0.4) is 0 Å². The molecule has 21 heavy (non-hydrogen) atoms. The van der Waals surface area contributed by atoms with Crippen LogP contribution >= 0.6 is 0 Å². The van der Waals surface area contributed by atoms with Crippen molar-refractivity contribution in [1.29, 1.82) is 0 Å². The number of methoxy groups -OCH3 is 1. The fourth-order valence-electron chi connectivity index (χ4n) is 2.45. The molecule has 106 valence electrons. The van der Waals surface area contributed by atoms with Gasteiger partial charge in [-0.25, -0.2) is 0 Å². The van der Waals surface area contributed by atoms with Gasteiger partial charge in [0.05, 0.1) is 22.8 Å². The van der Waals surface area contributed by atoms with Crippen molar-refractivity contribution in [3.05, 3.63) is 64.3 Å². The van der Waals surface area contributed by atoms with E-state index in [4.69, 9.17) is 4.74 Å². The summed E-state index contributed by atoms with van der Waals surface area (Å²) >= 11 is 0. The molecule has 1 heterocycles. The van der Waals surface area contributed by atoms with Crippen LogP contribution in [0.15, 0.2) is 48.5 Å². The largest absolute Gasteiger partial charge is 0.805 e. The third-order valence-electron chi connectivity index (χ3n) is 3.51. The Morgan fingerprint density at radius 3 is 2.67 bits per heavy atom. The monoisotopic (exact) mass is 282 g/mol. The molecule has 0 atom stereocenters. The van der Waals surface area contributed by atoms with Gasteiger partial charge in [0.25, 0.3) is 11.2 Å². The molecule has 5 heteroatoms. The first-order chi connectivity index (χ1) is 10.1. The smallest absolute Gasteiger partial charge is 0.289 e. The molecule has 0 aliphatic heterocycles. The van der Waals surface area contributed by atoms with Crippen LogP contribution in [0.5, 0.6) is 5.75 Å². The quantitative estimate of drug-likeness (QED) is 0.679. The first kappa shape index (κ1) is 13.2. The van der Waals surface area contributed by atoms with Gasteiger partial charge < -0.3 is 14.7 Å². The molecular formula is C16H14N2O3. The lowest BCUT2D eigenvalue weighted by Gasteiger charge is -2.16. The van der Waals surface area contributed by atoms with Crippen molar-refractivity contribution in [3.63, 3.8) is 0 Å². The number of aromatic nitrogens is 2. The summed E-state index contributed by atoms with van der Waals surface area (Å²) in [5.74, 6) is 0.637. The highest BCUT2D eigenvalue weighted by atomic mass is 16.5. The lowest BCUT2D eigenvalue weighted by Crippen LogP contribution is -2.23. The highest BCUT2D eigenvalue weighted by Gasteiger charge is 2.21. The predicted molar refractivity (Wildman–Crippen MR) is 80.8 cm³/mol. The Morgan fingerprint density at radius 1 is 1.14 bits per heavy atom. The van der Waals surface area contributed by atoms with Crippen LogP contribution in [0.1, 0.15) is 5.69 Å². The minimum atomic E-state index is 0.336. The molecule has 0 saturated carbocycles. The Morgan fingerprint density at radius 2 is 1.90 bits per heavy atom. The molecule has 3 rings (SSSR count). The van der Waals surface area contributed by atoms with Crippen molar-refractivity contribution in [2.24, 2.45) is 0 Å². The SMILES string of the molecule is COc1cccc(-c2c(C)n([O-])c3ccccc3[n+]2=O)c1. The zero-order valence-corrected chi connectivity index (χ0v) is 11.7. The van der Waals surface area contributed by atoms with E-state index in [0.717, 1.165) is 9.16 Å². The Bertz CT molecular complexity index is 884. The Hall–Kier alpha value is -2.82. The molecular weight excluding hydrogens is 268 g/mol. The predicted octanol–water partition coefficient (Wildman–Crippen LogP) is 2.89. The average molecular weight is 282 g/mol. The molecule has 2 aromatic carbocycles. The maximum absolute atomic E-state index is 12.6. The zero-order valence-electron chi connectivity index (χ0n) is 11.7. The standard InChI is InChI=1S/C16H14N2O3/c1-11-16(12-6-5-7-13(10-12)21-2)18(20)15-9-4-3-8-14(15)17(11)19/h3-10H,1-2H3. The molecule has 0 N–H and O–H groups in total. The summed E-state index contributed by atoms with van der Waals surface area (Å²) in [6.07, 6.45) is 0. The van der Waals surface area contributed by atoms with Gasteiger partial charge in [0.15, 0.2) is 0 Å². The van der Waals surface area contributed by atoms with E-state index in [1.807, 2.05) is 0 Å². The van der Waals surface area contributed by atoms with Crippen molar-refractivity contribution in [3.8, 4) is 17.0 Å². The molecule has 0 unspecified atom stereocenters. The first-order valence-electron chi connectivity index (χ1n) is 6.52. The second kappa shape index (κ2) is 4.94. The number of fused-ring (bicyclic) bond motifs is 1. The number of hydrogen-bond acceptors (Lipinski definition) is 3. The van der Waals surface area contributed by atoms with E-state index in [-0.39, 0.29) is 0 Å². The third-order valence-corrected chi connectivity index (χ3v) is 3.51. The average Bonchev–Trinajstić information content (AvgIpc) is 2.53. The summed E-state index contributed by atoms with van der Waals surface area (Å²) in [6.45, 7) is 1.64. The zero-order chi connectivity index (χ0) is 15.0. The lowest BCUT2D eigenvalue weighted by atomic mass is 10.1. The van der Waals surface area contributed by atoms with Crippen molar-refractivity contribution in [2.45, 2.75) is 6.92 Å². The fraction of sp³-hybridized carbons (Fsp3) is 0.125. The molecule has 0 aliphatic rings. The van der Waals surface area contributed by atoms with E-state index in [2.05, 4.69) is 0 Å². The van der Waals surface area contributed by atoms with Gasteiger partial charge in [0.1, 0.15) is 11.3 Å². The first-order valence-corrected chi connectivity index (χ1v) is 6.52. The maximum Gasteiger partial charge on any atom is 0.289 e. The van der Waals surface area contributed by atoms with Crippen LogP contribution in [0.4, 0.5) is 0 Å². The molecule has 0 bridgehead atoms. The molecule has 3 aromatic rings. The van der Waals surface area contributed by atoms with Crippen molar-refractivity contribution in [2.75, 3.05) is 7.11 Å². The normalized spacial score (nSPS) is 10.8. The van der Waals surface area contributed by atoms with Gasteiger partial charge in [-0.05, 0) is 31.2 Å². The molecule has 0 radical (unpaired) electrons. The Balaban J connectivity index is 2.40. The number of nitrogens with zero attached hydrogens (tertiary/aromatic N) is 2. The second-order valence-corrected chi connectivity index (χ2v) is 4.74. The van der Waals surface area contributed by atoms with E-state index < -0.39 is 0 Å². The van der Waals surface area contributed by atoms with E-state index in [9.17, 15) is 10.1 Å². The number of benzene rings is 2. The van der Waals surface area contributed by atoms with Gasteiger partial charge in [0, 0.05) is 11.0 Å². The minimum Gasteiger partial charge on any atom is -0.805 e. The van der Waals surface area contributed by atoms with E-state index in [1.165, 1.54) is 0 Å². The highest BCUT2D eigenvalue weighted by Crippen LogP contribution is 2.25. The van der Waals surface area contributed by atoms with Gasteiger partial charge in [0.2, 0.25) is 0 Å². The van der Waals surface area contributed by atoms with E-state index in [1.54, 1.807) is 62.6 Å². The van der Waals surface area contributed by atoms with Gasteiger partial charge in [-0.3, -0.25) is 0 Å². The van der Waals surface area contributed by atoms with Crippen molar-refractivity contribution in [1.82, 2.24) is 4.73 Å². The summed E-state index contributed by atoms with van der Waals surface area (Å²) in [6, 6.07) is 13.9. The van der Waals surface area contributed by atoms with Crippen LogP contribution in [-0.4, -0.2) is 11.8 Å².